The van der Waals surface area contributed by atoms with Crippen molar-refractivity contribution in [2.24, 2.45) is 0 Å². The van der Waals surface area contributed by atoms with E-state index < -0.39 is 17.7 Å². The molecule has 202 valence electrons. The van der Waals surface area contributed by atoms with Crippen LogP contribution in [0.3, 0.4) is 0 Å². The van der Waals surface area contributed by atoms with Gasteiger partial charge in [-0.15, -0.1) is 0 Å². The lowest BCUT2D eigenvalue weighted by molar-refractivity contribution is 0.0288. The van der Waals surface area contributed by atoms with Gasteiger partial charge in [-0.05, 0) is 69.2 Å². The summed E-state index contributed by atoms with van der Waals surface area (Å²) >= 11 is 0. The van der Waals surface area contributed by atoms with E-state index in [0.717, 1.165) is 0 Å². The van der Waals surface area contributed by atoms with Gasteiger partial charge in [-0.25, -0.2) is 19.4 Å². The zero-order chi connectivity index (χ0) is 27.9. The van der Waals surface area contributed by atoms with Gasteiger partial charge in [-0.3, -0.25) is 9.13 Å². The molecule has 39 heavy (non-hydrogen) atoms. The average Bonchev–Trinajstić information content (AvgIpc) is 3.49. The van der Waals surface area contributed by atoms with Crippen molar-refractivity contribution in [1.82, 2.24) is 19.0 Å². The summed E-state index contributed by atoms with van der Waals surface area (Å²) in [6.07, 6.45) is 1.80. The van der Waals surface area contributed by atoms with E-state index in [4.69, 9.17) is 9.47 Å². The van der Waals surface area contributed by atoms with Crippen LogP contribution in [0.4, 0.5) is 4.79 Å². The Bertz CT molecular complexity index is 1610. The van der Waals surface area contributed by atoms with Gasteiger partial charge >= 0.3 is 17.8 Å². The molecule has 1 saturated heterocycles. The van der Waals surface area contributed by atoms with Crippen LogP contribution in [0.5, 0.6) is 5.75 Å². The SMILES string of the molecule is COC(=O)c1ccc(-c2ccc(-n3c(=O)n([C@H]4CCN(C(=O)OC(C)(C)C)C4)c4ncccc43)cc2O)cc1. The molecule has 0 spiro atoms. The van der Waals surface area contributed by atoms with Crippen LogP contribution in [-0.4, -0.2) is 62.0 Å². The Morgan fingerprint density at radius 1 is 1.08 bits per heavy atom. The number of phenolic OH excluding ortho intramolecular Hbond substituents is 1. The van der Waals surface area contributed by atoms with E-state index in [9.17, 15) is 19.5 Å². The van der Waals surface area contributed by atoms with Crippen molar-refractivity contribution in [3.05, 3.63) is 76.8 Å². The maximum Gasteiger partial charge on any atom is 0.410 e. The fourth-order valence-electron chi connectivity index (χ4n) is 4.88. The molecule has 0 bridgehead atoms. The number of hydrogen-bond acceptors (Lipinski definition) is 7. The van der Waals surface area contributed by atoms with Gasteiger partial charge in [-0.1, -0.05) is 12.1 Å². The Hall–Kier alpha value is -4.60. The number of carbonyl (C=O) groups is 2. The molecule has 0 unspecified atom stereocenters. The summed E-state index contributed by atoms with van der Waals surface area (Å²) in [4.78, 5) is 44.2. The van der Waals surface area contributed by atoms with Crippen LogP contribution in [0.2, 0.25) is 0 Å². The number of benzene rings is 2. The first-order chi connectivity index (χ1) is 18.6. The van der Waals surface area contributed by atoms with Crippen LogP contribution in [0.1, 0.15) is 43.6 Å². The molecule has 2 aromatic carbocycles. The van der Waals surface area contributed by atoms with Gasteiger partial charge in [0.1, 0.15) is 11.4 Å². The van der Waals surface area contributed by atoms with Crippen molar-refractivity contribution in [2.45, 2.75) is 38.8 Å². The predicted octanol–water partition coefficient (Wildman–Crippen LogP) is 4.53. The van der Waals surface area contributed by atoms with E-state index in [-0.39, 0.29) is 17.5 Å². The van der Waals surface area contributed by atoms with Crippen molar-refractivity contribution in [1.29, 1.82) is 0 Å². The number of imidazole rings is 1. The zero-order valence-electron chi connectivity index (χ0n) is 22.2. The van der Waals surface area contributed by atoms with Crippen LogP contribution >= 0.6 is 0 Å². The molecule has 0 saturated carbocycles. The Balaban J connectivity index is 1.49. The molecular formula is C29H30N4O6. The highest BCUT2D eigenvalue weighted by atomic mass is 16.6. The van der Waals surface area contributed by atoms with Gasteiger partial charge in [0, 0.05) is 30.9 Å². The first-order valence-electron chi connectivity index (χ1n) is 12.7. The summed E-state index contributed by atoms with van der Waals surface area (Å²) in [5.41, 5.74) is 2.31. The molecule has 0 radical (unpaired) electrons. The van der Waals surface area contributed by atoms with Gasteiger partial charge < -0.3 is 19.5 Å². The van der Waals surface area contributed by atoms with Crippen LogP contribution in [0, 0.1) is 0 Å². The molecule has 1 fully saturated rings. The van der Waals surface area contributed by atoms with Gasteiger partial charge in [-0.2, -0.15) is 0 Å². The summed E-state index contributed by atoms with van der Waals surface area (Å²) < 4.78 is 13.4. The molecule has 3 heterocycles. The molecule has 1 N–H and O–H groups in total. The Kier molecular flexibility index (Phi) is 6.63. The summed E-state index contributed by atoms with van der Waals surface area (Å²) in [6, 6.07) is 15.0. The minimum absolute atomic E-state index is 0.0213. The average molecular weight is 531 g/mol. The normalized spacial score (nSPS) is 15.5. The number of ether oxygens (including phenoxy) is 2. The number of likely N-dealkylation sites (tertiary alicyclic amines) is 1. The fourth-order valence-corrected chi connectivity index (χ4v) is 4.88. The number of amides is 1. The largest absolute Gasteiger partial charge is 0.507 e. The Labute approximate surface area is 225 Å². The maximum absolute atomic E-state index is 13.8. The highest BCUT2D eigenvalue weighted by molar-refractivity contribution is 5.90. The van der Waals surface area contributed by atoms with Gasteiger partial charge in [0.2, 0.25) is 0 Å². The van der Waals surface area contributed by atoms with E-state index in [1.54, 1.807) is 64.2 Å². The molecule has 10 heteroatoms. The van der Waals surface area contributed by atoms with Crippen LogP contribution < -0.4 is 5.69 Å². The van der Waals surface area contributed by atoms with Crippen molar-refractivity contribution in [2.75, 3.05) is 20.2 Å². The second kappa shape index (κ2) is 9.94. The molecule has 0 aliphatic carbocycles. The number of hydrogen-bond donors (Lipinski definition) is 1. The lowest BCUT2D eigenvalue weighted by Gasteiger charge is -2.24. The number of fused-ring (bicyclic) bond motifs is 1. The number of esters is 1. The van der Waals surface area contributed by atoms with E-state index in [0.29, 0.717) is 53.1 Å². The highest BCUT2D eigenvalue weighted by Gasteiger charge is 2.33. The number of nitrogens with zero attached hydrogens (tertiary/aromatic N) is 4. The molecule has 1 atom stereocenters. The molecule has 4 aromatic rings. The third-order valence-electron chi connectivity index (χ3n) is 6.67. The third kappa shape index (κ3) is 4.97. The summed E-state index contributed by atoms with van der Waals surface area (Å²) in [5, 5.41) is 10.9. The minimum Gasteiger partial charge on any atom is -0.507 e. The van der Waals surface area contributed by atoms with Crippen molar-refractivity contribution < 1.29 is 24.2 Å². The molecule has 1 aliphatic heterocycles. The second-order valence-electron chi connectivity index (χ2n) is 10.5. The number of aromatic nitrogens is 3. The number of pyridine rings is 1. The lowest BCUT2D eigenvalue weighted by atomic mass is 10.0. The third-order valence-corrected chi connectivity index (χ3v) is 6.67. The van der Waals surface area contributed by atoms with Crippen LogP contribution in [0.25, 0.3) is 28.0 Å². The van der Waals surface area contributed by atoms with Crippen molar-refractivity contribution in [3.63, 3.8) is 0 Å². The highest BCUT2D eigenvalue weighted by Crippen LogP contribution is 2.33. The molecule has 2 aromatic heterocycles. The van der Waals surface area contributed by atoms with E-state index in [1.807, 2.05) is 20.8 Å². The molecule has 1 amide bonds. The maximum atomic E-state index is 13.8. The van der Waals surface area contributed by atoms with Gasteiger partial charge in [0.05, 0.1) is 29.9 Å². The topological polar surface area (TPSA) is 116 Å². The van der Waals surface area contributed by atoms with Gasteiger partial charge in [0.25, 0.3) is 0 Å². The van der Waals surface area contributed by atoms with E-state index in [2.05, 4.69) is 4.98 Å². The van der Waals surface area contributed by atoms with E-state index in [1.165, 1.54) is 17.7 Å². The Morgan fingerprint density at radius 3 is 2.49 bits per heavy atom. The summed E-state index contributed by atoms with van der Waals surface area (Å²) in [5.74, 6) is -0.464. The number of rotatable bonds is 4. The van der Waals surface area contributed by atoms with Crippen molar-refractivity contribution >= 4 is 23.2 Å². The number of carbonyl (C=O) groups excluding carboxylic acids is 2. The monoisotopic (exact) mass is 530 g/mol. The number of methoxy groups -OCH3 is 1. The molecule has 1 aliphatic rings. The molecular weight excluding hydrogens is 500 g/mol. The van der Waals surface area contributed by atoms with E-state index >= 15 is 0 Å². The second-order valence-corrected chi connectivity index (χ2v) is 10.5. The standard InChI is InChI=1S/C29H30N4O6/c1-29(2,3)39-28(37)31-15-13-21(17-31)33-25-23(6-5-14-30-25)32(27(33)36)20-11-12-22(24(34)16-20)18-7-9-19(10-8-18)26(35)38-4/h5-12,14,16,21,34H,13,15,17H2,1-4H3/t21-/m0/s1. The first kappa shape index (κ1) is 26.0. The molecule has 10 nitrogen and oxygen atoms in total. The smallest absolute Gasteiger partial charge is 0.410 e. The Morgan fingerprint density at radius 2 is 1.82 bits per heavy atom. The van der Waals surface area contributed by atoms with Crippen LogP contribution in [-0.2, 0) is 9.47 Å². The summed E-state index contributed by atoms with van der Waals surface area (Å²) in [6.45, 7) is 6.25. The first-order valence-corrected chi connectivity index (χ1v) is 12.7. The summed E-state index contributed by atoms with van der Waals surface area (Å²) in [7, 11) is 1.32. The lowest BCUT2D eigenvalue weighted by Crippen LogP contribution is -2.36. The fraction of sp³-hybridized carbons (Fsp3) is 0.310. The van der Waals surface area contributed by atoms with Gasteiger partial charge in [0.15, 0.2) is 5.65 Å². The van der Waals surface area contributed by atoms with Crippen LogP contribution in [0.15, 0.2) is 65.6 Å². The van der Waals surface area contributed by atoms with Crippen molar-refractivity contribution in [3.8, 4) is 22.6 Å². The zero-order valence-corrected chi connectivity index (χ0v) is 22.2. The predicted molar refractivity (Wildman–Crippen MR) is 145 cm³/mol. The minimum atomic E-state index is -0.610. The number of phenols is 1. The number of aromatic hydroxyl groups is 1. The molecule has 5 rings (SSSR count). The quantitative estimate of drug-likeness (QED) is 0.386.